The zero-order chi connectivity index (χ0) is 14.7. The molecule has 0 bridgehead atoms. The van der Waals surface area contributed by atoms with E-state index in [9.17, 15) is 0 Å². The molecule has 1 unspecified atom stereocenters. The third kappa shape index (κ3) is 2.65. The molecule has 0 spiro atoms. The molecule has 3 nitrogen and oxygen atoms in total. The Morgan fingerprint density at radius 2 is 1.81 bits per heavy atom. The van der Waals surface area contributed by atoms with Gasteiger partial charge in [0.25, 0.3) is 0 Å². The molecule has 0 amide bonds. The molecule has 3 rings (SSSR count). The standard InChI is InChI=1S/C18H19N3/c1-3-21-18(17-12-20-9-7-13(17)2)16-6-4-5-14-11-19-10-8-15(14)16/h4-12,18,21H,3H2,1-2H3. The number of aromatic nitrogens is 2. The molecular formula is C18H19N3. The first-order chi connectivity index (χ1) is 10.3. The van der Waals surface area contributed by atoms with Crippen molar-refractivity contribution < 1.29 is 0 Å². The summed E-state index contributed by atoms with van der Waals surface area (Å²) in [7, 11) is 0. The molecule has 1 atom stereocenters. The first-order valence-corrected chi connectivity index (χ1v) is 7.27. The number of rotatable bonds is 4. The Balaban J connectivity index is 2.19. The maximum atomic E-state index is 4.30. The first-order valence-electron chi connectivity index (χ1n) is 7.27. The maximum absolute atomic E-state index is 4.30. The average molecular weight is 277 g/mol. The van der Waals surface area contributed by atoms with Gasteiger partial charge in [-0.05, 0) is 47.7 Å². The van der Waals surface area contributed by atoms with Gasteiger partial charge in [-0.3, -0.25) is 9.97 Å². The molecule has 2 heterocycles. The number of fused-ring (bicyclic) bond motifs is 1. The molecule has 0 aliphatic rings. The normalized spacial score (nSPS) is 12.5. The van der Waals surface area contributed by atoms with Gasteiger partial charge in [-0.25, -0.2) is 0 Å². The highest BCUT2D eigenvalue weighted by Gasteiger charge is 2.17. The van der Waals surface area contributed by atoms with Gasteiger partial charge in [0.1, 0.15) is 0 Å². The summed E-state index contributed by atoms with van der Waals surface area (Å²) < 4.78 is 0. The molecule has 1 aromatic carbocycles. The molecule has 21 heavy (non-hydrogen) atoms. The van der Waals surface area contributed by atoms with Gasteiger partial charge >= 0.3 is 0 Å². The molecule has 0 saturated heterocycles. The van der Waals surface area contributed by atoms with Crippen LogP contribution in [0.3, 0.4) is 0 Å². The van der Waals surface area contributed by atoms with Crippen molar-refractivity contribution in [3.63, 3.8) is 0 Å². The Hall–Kier alpha value is -2.26. The molecule has 3 heteroatoms. The largest absolute Gasteiger partial charge is 0.306 e. The highest BCUT2D eigenvalue weighted by Crippen LogP contribution is 2.29. The second-order valence-electron chi connectivity index (χ2n) is 5.17. The van der Waals surface area contributed by atoms with Crippen LogP contribution >= 0.6 is 0 Å². The number of benzene rings is 1. The number of hydrogen-bond donors (Lipinski definition) is 1. The average Bonchev–Trinajstić information content (AvgIpc) is 2.53. The van der Waals surface area contributed by atoms with Crippen LogP contribution in [0.5, 0.6) is 0 Å². The van der Waals surface area contributed by atoms with Crippen LogP contribution < -0.4 is 5.32 Å². The van der Waals surface area contributed by atoms with E-state index < -0.39 is 0 Å². The van der Waals surface area contributed by atoms with Crippen molar-refractivity contribution in [3.05, 3.63) is 71.8 Å². The number of nitrogens with zero attached hydrogens (tertiary/aromatic N) is 2. The number of pyridine rings is 2. The quantitative estimate of drug-likeness (QED) is 0.791. The molecule has 0 fully saturated rings. The van der Waals surface area contributed by atoms with Crippen molar-refractivity contribution in [2.75, 3.05) is 6.54 Å². The van der Waals surface area contributed by atoms with Gasteiger partial charge in [-0.15, -0.1) is 0 Å². The van der Waals surface area contributed by atoms with Crippen LogP contribution in [0.1, 0.15) is 29.7 Å². The number of nitrogens with one attached hydrogen (secondary N) is 1. The summed E-state index contributed by atoms with van der Waals surface area (Å²) in [5.41, 5.74) is 3.75. The van der Waals surface area contributed by atoms with Crippen molar-refractivity contribution in [1.29, 1.82) is 0 Å². The van der Waals surface area contributed by atoms with Crippen LogP contribution in [0.4, 0.5) is 0 Å². The fourth-order valence-electron chi connectivity index (χ4n) is 2.77. The topological polar surface area (TPSA) is 37.8 Å². The molecule has 0 saturated carbocycles. The van der Waals surface area contributed by atoms with Gasteiger partial charge in [0.2, 0.25) is 0 Å². The lowest BCUT2D eigenvalue weighted by atomic mass is 9.93. The van der Waals surface area contributed by atoms with Crippen molar-refractivity contribution in [2.45, 2.75) is 19.9 Å². The Morgan fingerprint density at radius 3 is 2.62 bits per heavy atom. The molecular weight excluding hydrogens is 258 g/mol. The van der Waals surface area contributed by atoms with Gasteiger partial charge in [0.05, 0.1) is 6.04 Å². The summed E-state index contributed by atoms with van der Waals surface area (Å²) in [6.45, 7) is 5.17. The van der Waals surface area contributed by atoms with Crippen molar-refractivity contribution in [3.8, 4) is 0 Å². The van der Waals surface area contributed by atoms with Gasteiger partial charge in [0.15, 0.2) is 0 Å². The monoisotopic (exact) mass is 277 g/mol. The van der Waals surface area contributed by atoms with Crippen molar-refractivity contribution >= 4 is 10.8 Å². The maximum Gasteiger partial charge on any atom is 0.0600 e. The Kier molecular flexibility index (Phi) is 3.93. The highest BCUT2D eigenvalue weighted by atomic mass is 14.9. The fourth-order valence-corrected chi connectivity index (χ4v) is 2.77. The van der Waals surface area contributed by atoms with E-state index >= 15 is 0 Å². The van der Waals surface area contributed by atoms with E-state index in [1.54, 1.807) is 0 Å². The molecule has 106 valence electrons. The highest BCUT2D eigenvalue weighted by molar-refractivity contribution is 5.85. The van der Waals surface area contributed by atoms with E-state index in [0.717, 1.165) is 6.54 Å². The second kappa shape index (κ2) is 6.02. The number of aryl methyl sites for hydroxylation is 1. The minimum Gasteiger partial charge on any atom is -0.306 e. The SMILES string of the molecule is CCNC(c1cnccc1C)c1cccc2cnccc12. The minimum absolute atomic E-state index is 0.148. The zero-order valence-corrected chi connectivity index (χ0v) is 12.4. The van der Waals surface area contributed by atoms with Crippen molar-refractivity contribution in [1.82, 2.24) is 15.3 Å². The van der Waals surface area contributed by atoms with Crippen LogP contribution in [-0.4, -0.2) is 16.5 Å². The predicted octanol–water partition coefficient (Wildman–Crippen LogP) is 3.64. The lowest BCUT2D eigenvalue weighted by Gasteiger charge is -2.22. The van der Waals surface area contributed by atoms with Crippen LogP contribution in [0.15, 0.2) is 55.1 Å². The minimum atomic E-state index is 0.148. The molecule has 0 aliphatic carbocycles. The summed E-state index contributed by atoms with van der Waals surface area (Å²) in [6, 6.07) is 10.7. The van der Waals surface area contributed by atoms with E-state index in [4.69, 9.17) is 0 Å². The molecule has 0 aliphatic heterocycles. The first kappa shape index (κ1) is 13.7. The summed E-state index contributed by atoms with van der Waals surface area (Å²) in [6.07, 6.45) is 7.57. The third-order valence-corrected chi connectivity index (χ3v) is 3.82. The fraction of sp³-hybridized carbons (Fsp3) is 0.222. The second-order valence-corrected chi connectivity index (χ2v) is 5.17. The van der Waals surface area contributed by atoms with Crippen LogP contribution in [0, 0.1) is 6.92 Å². The van der Waals surface area contributed by atoms with E-state index in [2.05, 4.69) is 59.5 Å². The van der Waals surface area contributed by atoms with E-state index in [0.29, 0.717) is 0 Å². The predicted molar refractivity (Wildman–Crippen MR) is 86.2 cm³/mol. The Labute approximate surface area is 125 Å². The van der Waals surface area contributed by atoms with Gasteiger partial charge in [-0.1, -0.05) is 25.1 Å². The molecule has 0 radical (unpaired) electrons. The Bertz CT molecular complexity index is 747. The lowest BCUT2D eigenvalue weighted by Crippen LogP contribution is -2.23. The third-order valence-electron chi connectivity index (χ3n) is 3.82. The smallest absolute Gasteiger partial charge is 0.0600 e. The van der Waals surface area contributed by atoms with Crippen LogP contribution in [0.2, 0.25) is 0 Å². The van der Waals surface area contributed by atoms with Gasteiger partial charge < -0.3 is 5.32 Å². The summed E-state index contributed by atoms with van der Waals surface area (Å²) in [4.78, 5) is 8.52. The lowest BCUT2D eigenvalue weighted by molar-refractivity contribution is 0.629. The molecule has 2 aromatic heterocycles. The van der Waals surface area contributed by atoms with Gasteiger partial charge in [-0.2, -0.15) is 0 Å². The van der Waals surface area contributed by atoms with Gasteiger partial charge in [0, 0.05) is 30.2 Å². The summed E-state index contributed by atoms with van der Waals surface area (Å²) >= 11 is 0. The summed E-state index contributed by atoms with van der Waals surface area (Å²) in [5, 5.41) is 5.99. The molecule has 1 N–H and O–H groups in total. The van der Waals surface area contributed by atoms with Crippen molar-refractivity contribution in [2.24, 2.45) is 0 Å². The Morgan fingerprint density at radius 1 is 1.00 bits per heavy atom. The summed E-state index contributed by atoms with van der Waals surface area (Å²) in [5.74, 6) is 0. The van der Waals surface area contributed by atoms with Crippen LogP contribution in [0.25, 0.3) is 10.8 Å². The van der Waals surface area contributed by atoms with E-state index in [-0.39, 0.29) is 6.04 Å². The van der Waals surface area contributed by atoms with E-state index in [1.807, 2.05) is 24.8 Å². The van der Waals surface area contributed by atoms with Crippen LogP contribution in [-0.2, 0) is 0 Å². The zero-order valence-electron chi connectivity index (χ0n) is 12.4. The number of hydrogen-bond acceptors (Lipinski definition) is 3. The van der Waals surface area contributed by atoms with E-state index in [1.165, 1.54) is 27.5 Å². The molecule has 3 aromatic rings.